The van der Waals surface area contributed by atoms with Gasteiger partial charge in [0.2, 0.25) is 5.91 Å². The highest BCUT2D eigenvalue weighted by molar-refractivity contribution is 7.99. The molecule has 0 fully saturated rings. The number of aromatic nitrogens is 3. The molecular weight excluding hydrogens is 524 g/mol. The molecule has 0 aliphatic rings. The van der Waals surface area contributed by atoms with Gasteiger partial charge in [-0.3, -0.25) is 4.79 Å². The molecular formula is C27H28N4O5S2. The third kappa shape index (κ3) is 6.17. The minimum Gasteiger partial charge on any atom is -0.497 e. The molecule has 1 amide bonds. The van der Waals surface area contributed by atoms with Crippen LogP contribution in [-0.4, -0.2) is 46.6 Å². The number of amides is 1. The van der Waals surface area contributed by atoms with Gasteiger partial charge in [0.15, 0.2) is 11.0 Å². The van der Waals surface area contributed by atoms with E-state index in [4.69, 9.17) is 14.2 Å². The average molecular weight is 553 g/mol. The number of carbonyl (C=O) groups excluding carboxylic acids is 2. The van der Waals surface area contributed by atoms with Crippen LogP contribution in [0.5, 0.6) is 11.5 Å². The predicted octanol–water partition coefficient (Wildman–Crippen LogP) is 5.44. The number of thiophene rings is 1. The highest BCUT2D eigenvalue weighted by Gasteiger charge is 2.23. The molecule has 2 aromatic carbocycles. The van der Waals surface area contributed by atoms with Gasteiger partial charge in [-0.15, -0.1) is 21.5 Å². The average Bonchev–Trinajstić information content (AvgIpc) is 3.54. The molecule has 2 aromatic heterocycles. The van der Waals surface area contributed by atoms with Gasteiger partial charge in [-0.1, -0.05) is 42.1 Å². The summed E-state index contributed by atoms with van der Waals surface area (Å²) in [6.45, 7) is 4.87. The number of rotatable bonds is 11. The first-order valence-corrected chi connectivity index (χ1v) is 13.7. The third-order valence-corrected chi connectivity index (χ3v) is 7.59. The molecule has 38 heavy (non-hydrogen) atoms. The lowest BCUT2D eigenvalue weighted by Crippen LogP contribution is -2.16. The van der Waals surface area contributed by atoms with E-state index in [0.717, 1.165) is 16.9 Å². The van der Waals surface area contributed by atoms with Crippen LogP contribution >= 0.6 is 23.1 Å². The van der Waals surface area contributed by atoms with Crippen molar-refractivity contribution < 1.29 is 23.8 Å². The minimum absolute atomic E-state index is 0.0904. The Hall–Kier alpha value is -3.83. The zero-order valence-electron chi connectivity index (χ0n) is 21.5. The fraction of sp³-hybridized carbons (Fsp3) is 0.259. The number of nitrogens with one attached hydrogen (secondary N) is 1. The lowest BCUT2D eigenvalue weighted by Gasteiger charge is -2.10. The molecule has 11 heteroatoms. The Labute approximate surface area is 229 Å². The van der Waals surface area contributed by atoms with Crippen molar-refractivity contribution in [2.45, 2.75) is 32.2 Å². The van der Waals surface area contributed by atoms with Gasteiger partial charge in [-0.2, -0.15) is 0 Å². The molecule has 0 bridgehead atoms. The highest BCUT2D eigenvalue weighted by atomic mass is 32.2. The van der Waals surface area contributed by atoms with Crippen LogP contribution in [0.2, 0.25) is 0 Å². The van der Waals surface area contributed by atoms with Crippen LogP contribution < -0.4 is 14.8 Å². The van der Waals surface area contributed by atoms with Crippen molar-refractivity contribution in [2.24, 2.45) is 0 Å². The van der Waals surface area contributed by atoms with Gasteiger partial charge in [0.25, 0.3) is 0 Å². The molecule has 0 radical (unpaired) electrons. The number of anilines is 1. The standard InChI is InChI=1S/C27H28N4O5S2/c1-5-31-22(14-36-21-9-7-6-8-17(21)2)29-30-27(31)38-16-23(32)28-25-24(26(33)35-4)20(15-37-25)18-10-12-19(34-3)13-11-18/h6-13,15H,5,14,16H2,1-4H3,(H,28,32). The molecule has 0 aliphatic heterocycles. The molecule has 0 saturated heterocycles. The number of nitrogens with zero attached hydrogens (tertiary/aromatic N) is 3. The van der Waals surface area contributed by atoms with Gasteiger partial charge < -0.3 is 24.1 Å². The van der Waals surface area contributed by atoms with Gasteiger partial charge in [0.1, 0.15) is 28.7 Å². The van der Waals surface area contributed by atoms with Crippen LogP contribution in [-0.2, 0) is 22.7 Å². The highest BCUT2D eigenvalue weighted by Crippen LogP contribution is 2.37. The smallest absolute Gasteiger partial charge is 0.341 e. The maximum Gasteiger partial charge on any atom is 0.341 e. The van der Waals surface area contributed by atoms with Gasteiger partial charge in [-0.05, 0) is 43.2 Å². The summed E-state index contributed by atoms with van der Waals surface area (Å²) in [5.74, 6) is 1.47. The number of benzene rings is 2. The van der Waals surface area contributed by atoms with Crippen molar-refractivity contribution in [3.05, 3.63) is 70.9 Å². The number of methoxy groups -OCH3 is 2. The fourth-order valence-electron chi connectivity index (χ4n) is 3.74. The number of hydrogen-bond donors (Lipinski definition) is 1. The Kier molecular flexibility index (Phi) is 9.03. The molecule has 0 spiro atoms. The minimum atomic E-state index is -0.524. The summed E-state index contributed by atoms with van der Waals surface area (Å²) in [6, 6.07) is 15.1. The van der Waals surface area contributed by atoms with E-state index in [1.54, 1.807) is 7.11 Å². The Morgan fingerprint density at radius 2 is 1.84 bits per heavy atom. The Balaban J connectivity index is 1.43. The quantitative estimate of drug-likeness (QED) is 0.194. The molecule has 1 N–H and O–H groups in total. The summed E-state index contributed by atoms with van der Waals surface area (Å²) in [7, 11) is 2.91. The van der Waals surface area contributed by atoms with E-state index in [1.165, 1.54) is 30.2 Å². The van der Waals surface area contributed by atoms with Crippen molar-refractivity contribution in [1.82, 2.24) is 14.8 Å². The van der Waals surface area contributed by atoms with E-state index in [2.05, 4.69) is 15.5 Å². The van der Waals surface area contributed by atoms with Gasteiger partial charge in [0.05, 0.1) is 20.0 Å². The van der Waals surface area contributed by atoms with Crippen molar-refractivity contribution in [2.75, 3.05) is 25.3 Å². The largest absolute Gasteiger partial charge is 0.497 e. The second-order valence-corrected chi connectivity index (χ2v) is 9.93. The van der Waals surface area contributed by atoms with Gasteiger partial charge >= 0.3 is 5.97 Å². The van der Waals surface area contributed by atoms with E-state index < -0.39 is 5.97 Å². The first-order valence-electron chi connectivity index (χ1n) is 11.8. The van der Waals surface area contributed by atoms with E-state index in [9.17, 15) is 9.59 Å². The number of aryl methyl sites for hydroxylation is 1. The normalized spacial score (nSPS) is 10.7. The summed E-state index contributed by atoms with van der Waals surface area (Å²) >= 11 is 2.54. The van der Waals surface area contributed by atoms with Crippen LogP contribution in [0.3, 0.4) is 0 Å². The molecule has 198 valence electrons. The van der Waals surface area contributed by atoms with E-state index in [0.29, 0.717) is 39.4 Å². The monoisotopic (exact) mass is 552 g/mol. The molecule has 0 unspecified atom stereocenters. The van der Waals surface area contributed by atoms with Crippen LogP contribution in [0, 0.1) is 6.92 Å². The SMILES string of the molecule is CCn1c(COc2ccccc2C)nnc1SCC(=O)Nc1scc(-c2ccc(OC)cc2)c1C(=O)OC. The van der Waals surface area contributed by atoms with Crippen molar-refractivity contribution in [1.29, 1.82) is 0 Å². The zero-order chi connectivity index (χ0) is 27.1. The van der Waals surface area contributed by atoms with Gasteiger partial charge in [0, 0.05) is 17.5 Å². The van der Waals surface area contributed by atoms with Crippen LogP contribution in [0.25, 0.3) is 11.1 Å². The van der Waals surface area contributed by atoms with Crippen LogP contribution in [0.15, 0.2) is 59.1 Å². The Morgan fingerprint density at radius 3 is 2.53 bits per heavy atom. The molecule has 0 atom stereocenters. The molecule has 4 rings (SSSR count). The zero-order valence-corrected chi connectivity index (χ0v) is 23.1. The number of thioether (sulfide) groups is 1. The lowest BCUT2D eigenvalue weighted by molar-refractivity contribution is -0.113. The number of para-hydroxylation sites is 1. The molecule has 0 saturated carbocycles. The second kappa shape index (κ2) is 12.6. The molecule has 4 aromatic rings. The second-order valence-electron chi connectivity index (χ2n) is 8.11. The topological polar surface area (TPSA) is 105 Å². The van der Waals surface area contributed by atoms with E-state index >= 15 is 0 Å². The maximum atomic E-state index is 12.9. The third-order valence-electron chi connectivity index (χ3n) is 5.73. The van der Waals surface area contributed by atoms with Crippen molar-refractivity contribution >= 4 is 40.0 Å². The Morgan fingerprint density at radius 1 is 1.08 bits per heavy atom. The van der Waals surface area contributed by atoms with E-state index in [-0.39, 0.29) is 18.3 Å². The number of ether oxygens (including phenoxy) is 3. The number of esters is 1. The number of hydrogen-bond acceptors (Lipinski definition) is 9. The van der Waals surface area contributed by atoms with Crippen molar-refractivity contribution in [3.63, 3.8) is 0 Å². The van der Waals surface area contributed by atoms with Gasteiger partial charge in [-0.25, -0.2) is 4.79 Å². The predicted molar refractivity (Wildman–Crippen MR) is 148 cm³/mol. The summed E-state index contributed by atoms with van der Waals surface area (Å²) in [5.41, 5.74) is 2.84. The first-order chi connectivity index (χ1) is 18.4. The fourth-order valence-corrected chi connectivity index (χ4v) is 5.54. The molecule has 2 heterocycles. The van der Waals surface area contributed by atoms with Crippen LogP contribution in [0.1, 0.15) is 28.7 Å². The summed E-state index contributed by atoms with van der Waals surface area (Å²) < 4.78 is 18.1. The molecule has 9 nitrogen and oxygen atoms in total. The van der Waals surface area contributed by atoms with E-state index in [1.807, 2.05) is 72.3 Å². The first kappa shape index (κ1) is 27.2. The van der Waals surface area contributed by atoms with Crippen LogP contribution in [0.4, 0.5) is 5.00 Å². The molecule has 0 aliphatic carbocycles. The maximum absolute atomic E-state index is 12.9. The lowest BCUT2D eigenvalue weighted by atomic mass is 10.0. The summed E-state index contributed by atoms with van der Waals surface area (Å²) in [6.07, 6.45) is 0. The number of carbonyl (C=O) groups is 2. The summed E-state index contributed by atoms with van der Waals surface area (Å²) in [4.78, 5) is 25.5. The Bertz CT molecular complexity index is 1420. The summed E-state index contributed by atoms with van der Waals surface area (Å²) in [5, 5.41) is 14.2. The van der Waals surface area contributed by atoms with Crippen molar-refractivity contribution in [3.8, 4) is 22.6 Å².